The van der Waals surface area contributed by atoms with Crippen molar-refractivity contribution in [1.82, 2.24) is 10.3 Å². The first-order valence-corrected chi connectivity index (χ1v) is 10.0. The summed E-state index contributed by atoms with van der Waals surface area (Å²) in [4.78, 5) is 46.4. The molecule has 1 aromatic heterocycles. The van der Waals surface area contributed by atoms with Gasteiger partial charge in [0.25, 0.3) is 5.91 Å². The molecule has 0 radical (unpaired) electrons. The van der Waals surface area contributed by atoms with Crippen LogP contribution in [-0.4, -0.2) is 35.1 Å². The van der Waals surface area contributed by atoms with E-state index < -0.39 is 29.6 Å². The summed E-state index contributed by atoms with van der Waals surface area (Å²) in [5.41, 5.74) is 2.57. The summed E-state index contributed by atoms with van der Waals surface area (Å²) in [5, 5.41) is 3.29. The van der Waals surface area contributed by atoms with E-state index in [0.29, 0.717) is 25.1 Å². The molecule has 2 heterocycles. The predicted molar refractivity (Wildman–Crippen MR) is 116 cm³/mol. The third-order valence-electron chi connectivity index (χ3n) is 5.30. The van der Waals surface area contributed by atoms with Crippen LogP contribution in [0.2, 0.25) is 0 Å². The maximum atomic E-state index is 13.6. The van der Waals surface area contributed by atoms with Crippen LogP contribution < -0.4 is 10.2 Å². The number of fused-ring (bicyclic) bond motifs is 1. The fourth-order valence-electron chi connectivity index (χ4n) is 3.79. The largest absolute Gasteiger partial charge is 0.361 e. The fraction of sp³-hybridized carbons (Fsp3) is 0.217. The van der Waals surface area contributed by atoms with Gasteiger partial charge in [-0.1, -0.05) is 31.2 Å². The van der Waals surface area contributed by atoms with Crippen molar-refractivity contribution in [3.8, 4) is 0 Å². The number of rotatable bonds is 6. The summed E-state index contributed by atoms with van der Waals surface area (Å²) in [6.45, 7) is 2.18. The van der Waals surface area contributed by atoms with Crippen LogP contribution in [0, 0.1) is 11.7 Å². The number of H-pyrrole nitrogens is 1. The van der Waals surface area contributed by atoms with Gasteiger partial charge >= 0.3 is 6.03 Å². The second-order valence-corrected chi connectivity index (χ2v) is 7.22. The number of carbonyl (C=O) groups is 3. The Labute approximate surface area is 178 Å². The third kappa shape index (κ3) is 3.96. The molecular formula is C23H21FN4O3. The van der Waals surface area contributed by atoms with Crippen molar-refractivity contribution in [1.29, 1.82) is 0 Å². The minimum absolute atomic E-state index is 0.0641. The molecule has 2 N–H and O–H groups in total. The van der Waals surface area contributed by atoms with E-state index in [1.807, 2.05) is 30.5 Å². The standard InChI is InChI=1S/C23H21FN4O3/c1-2-18(25-11-10-14-13-26-19-9-4-3-8-17(14)19)20-21(29)27-23(31)28(22(20)30)16-7-5-6-15(24)12-16/h3-9,12-13,20,26H,2,10-11H2,1H3,(H,27,29,31). The zero-order chi connectivity index (χ0) is 22.0. The van der Waals surface area contributed by atoms with Crippen LogP contribution in [0.25, 0.3) is 10.9 Å². The number of halogens is 1. The van der Waals surface area contributed by atoms with E-state index in [9.17, 15) is 18.8 Å². The van der Waals surface area contributed by atoms with Crippen molar-refractivity contribution < 1.29 is 18.8 Å². The predicted octanol–water partition coefficient (Wildman–Crippen LogP) is 3.60. The van der Waals surface area contributed by atoms with E-state index in [4.69, 9.17) is 0 Å². The van der Waals surface area contributed by atoms with Gasteiger partial charge in [0.05, 0.1) is 5.69 Å². The highest BCUT2D eigenvalue weighted by molar-refractivity contribution is 6.35. The molecule has 0 spiro atoms. The lowest BCUT2D eigenvalue weighted by Gasteiger charge is -2.30. The molecular weight excluding hydrogens is 399 g/mol. The molecule has 1 fully saturated rings. The lowest BCUT2D eigenvalue weighted by Crippen LogP contribution is -2.60. The molecule has 1 unspecified atom stereocenters. The van der Waals surface area contributed by atoms with Crippen LogP contribution >= 0.6 is 0 Å². The summed E-state index contributed by atoms with van der Waals surface area (Å²) < 4.78 is 13.6. The molecule has 1 atom stereocenters. The zero-order valence-corrected chi connectivity index (χ0v) is 16.9. The molecule has 8 heteroatoms. The highest BCUT2D eigenvalue weighted by atomic mass is 19.1. The molecule has 2 aromatic carbocycles. The first-order valence-electron chi connectivity index (χ1n) is 10.0. The normalized spacial score (nSPS) is 17.4. The number of imide groups is 2. The molecule has 31 heavy (non-hydrogen) atoms. The molecule has 0 bridgehead atoms. The van der Waals surface area contributed by atoms with Gasteiger partial charge in [0.15, 0.2) is 5.92 Å². The lowest BCUT2D eigenvalue weighted by atomic mass is 9.96. The van der Waals surface area contributed by atoms with Crippen molar-refractivity contribution in [3.05, 3.63) is 66.1 Å². The number of urea groups is 1. The Bertz CT molecular complexity index is 1200. The van der Waals surface area contributed by atoms with Gasteiger partial charge in [-0.15, -0.1) is 0 Å². The van der Waals surface area contributed by atoms with Crippen molar-refractivity contribution >= 4 is 40.1 Å². The highest BCUT2D eigenvalue weighted by Gasteiger charge is 2.43. The number of barbiturate groups is 1. The average Bonchev–Trinajstić information content (AvgIpc) is 3.15. The Kier molecular flexibility index (Phi) is 5.62. The van der Waals surface area contributed by atoms with E-state index in [-0.39, 0.29) is 5.69 Å². The van der Waals surface area contributed by atoms with E-state index in [2.05, 4.69) is 15.3 Å². The highest BCUT2D eigenvalue weighted by Crippen LogP contribution is 2.23. The topological polar surface area (TPSA) is 94.6 Å². The Morgan fingerprint density at radius 2 is 1.94 bits per heavy atom. The Morgan fingerprint density at radius 1 is 1.13 bits per heavy atom. The number of para-hydroxylation sites is 1. The van der Waals surface area contributed by atoms with Crippen LogP contribution in [0.4, 0.5) is 14.9 Å². The molecule has 4 rings (SSSR count). The van der Waals surface area contributed by atoms with Gasteiger partial charge in [0.2, 0.25) is 5.91 Å². The molecule has 0 aliphatic carbocycles. The number of carbonyl (C=O) groups excluding carboxylic acids is 3. The molecule has 1 saturated heterocycles. The second-order valence-electron chi connectivity index (χ2n) is 7.22. The number of hydrogen-bond donors (Lipinski definition) is 2. The first-order chi connectivity index (χ1) is 15.0. The third-order valence-corrected chi connectivity index (χ3v) is 5.30. The van der Waals surface area contributed by atoms with Crippen LogP contribution in [0.3, 0.4) is 0 Å². The van der Waals surface area contributed by atoms with Crippen molar-refractivity contribution in [2.45, 2.75) is 19.8 Å². The molecule has 158 valence electrons. The second kappa shape index (κ2) is 8.51. The maximum absolute atomic E-state index is 13.6. The Hall–Kier alpha value is -3.81. The molecule has 0 saturated carbocycles. The van der Waals surface area contributed by atoms with Gasteiger partial charge < -0.3 is 4.98 Å². The fourth-order valence-corrected chi connectivity index (χ4v) is 3.79. The Morgan fingerprint density at radius 3 is 2.71 bits per heavy atom. The van der Waals surface area contributed by atoms with Gasteiger partial charge in [0, 0.05) is 29.4 Å². The number of anilines is 1. The smallest absolute Gasteiger partial charge is 0.335 e. The van der Waals surface area contributed by atoms with E-state index in [1.165, 1.54) is 18.2 Å². The minimum atomic E-state index is -1.23. The van der Waals surface area contributed by atoms with Crippen LogP contribution in [0.15, 0.2) is 59.7 Å². The summed E-state index contributed by atoms with van der Waals surface area (Å²) in [7, 11) is 0. The van der Waals surface area contributed by atoms with Gasteiger partial charge in [-0.2, -0.15) is 0 Å². The summed E-state index contributed by atoms with van der Waals surface area (Å²) >= 11 is 0. The van der Waals surface area contributed by atoms with Crippen LogP contribution in [-0.2, 0) is 16.0 Å². The van der Waals surface area contributed by atoms with Crippen molar-refractivity contribution in [3.63, 3.8) is 0 Å². The van der Waals surface area contributed by atoms with Crippen LogP contribution in [0.5, 0.6) is 0 Å². The minimum Gasteiger partial charge on any atom is -0.361 e. The molecule has 1 aliphatic rings. The molecule has 7 nitrogen and oxygen atoms in total. The van der Waals surface area contributed by atoms with Crippen molar-refractivity contribution in [2.24, 2.45) is 10.9 Å². The lowest BCUT2D eigenvalue weighted by molar-refractivity contribution is -0.131. The quantitative estimate of drug-likeness (QED) is 0.471. The first kappa shape index (κ1) is 20.5. The molecule has 4 amide bonds. The monoisotopic (exact) mass is 420 g/mol. The number of nitrogens with one attached hydrogen (secondary N) is 2. The summed E-state index contributed by atoms with van der Waals surface area (Å²) in [5.74, 6) is -3.26. The average molecular weight is 420 g/mol. The maximum Gasteiger partial charge on any atom is 0.335 e. The van der Waals surface area contributed by atoms with Gasteiger partial charge in [-0.25, -0.2) is 14.1 Å². The number of benzene rings is 2. The number of hydrogen-bond acceptors (Lipinski definition) is 4. The number of amides is 4. The van der Waals surface area contributed by atoms with Crippen LogP contribution in [0.1, 0.15) is 18.9 Å². The van der Waals surface area contributed by atoms with Gasteiger partial charge in [0.1, 0.15) is 5.82 Å². The summed E-state index contributed by atoms with van der Waals surface area (Å²) in [6, 6.07) is 12.1. The molecule has 3 aromatic rings. The van der Waals surface area contributed by atoms with Gasteiger partial charge in [-0.3, -0.25) is 19.9 Å². The number of aliphatic imine (C=N–C) groups is 1. The van der Waals surface area contributed by atoms with E-state index in [1.54, 1.807) is 6.92 Å². The number of nitrogens with zero attached hydrogens (tertiary/aromatic N) is 2. The Balaban J connectivity index is 1.56. The SMILES string of the molecule is CCC(=NCCc1c[nH]c2ccccc12)C1C(=O)NC(=O)N(c2cccc(F)c2)C1=O. The van der Waals surface area contributed by atoms with Crippen molar-refractivity contribution in [2.75, 3.05) is 11.4 Å². The number of aromatic nitrogens is 1. The summed E-state index contributed by atoms with van der Waals surface area (Å²) in [6.07, 6.45) is 2.92. The van der Waals surface area contributed by atoms with E-state index >= 15 is 0 Å². The molecule has 1 aliphatic heterocycles. The van der Waals surface area contributed by atoms with E-state index in [0.717, 1.165) is 27.4 Å². The van der Waals surface area contributed by atoms with Gasteiger partial charge in [-0.05, 0) is 42.7 Å². The number of aromatic amines is 1. The zero-order valence-electron chi connectivity index (χ0n) is 16.9.